The van der Waals surface area contributed by atoms with E-state index in [9.17, 15) is 9.59 Å². The number of carbonyl (C=O) groups excluding carboxylic acids is 1. The van der Waals surface area contributed by atoms with Gasteiger partial charge in [-0.2, -0.15) is 0 Å². The Morgan fingerprint density at radius 3 is 2.42 bits per heavy atom. The summed E-state index contributed by atoms with van der Waals surface area (Å²) >= 11 is 1.45. The number of benzene rings is 1. The molecule has 3 rings (SSSR count). The third-order valence-corrected chi connectivity index (χ3v) is 5.58. The van der Waals surface area contributed by atoms with Gasteiger partial charge in [-0.1, -0.05) is 45.0 Å². The average Bonchev–Trinajstić information content (AvgIpc) is 3.34. The van der Waals surface area contributed by atoms with Crippen LogP contribution in [0.1, 0.15) is 55.6 Å². The monoisotopic (exact) mass is 372 g/mol. The fourth-order valence-electron chi connectivity index (χ4n) is 2.82. The van der Waals surface area contributed by atoms with Gasteiger partial charge in [-0.3, -0.25) is 9.59 Å². The fourth-order valence-corrected chi connectivity index (χ4v) is 3.62. The fraction of sp³-hybridized carbons (Fsp3) is 0.450. The molecule has 26 heavy (non-hydrogen) atoms. The predicted molar refractivity (Wildman–Crippen MR) is 102 cm³/mol. The van der Waals surface area contributed by atoms with E-state index < -0.39 is 11.9 Å². The van der Waals surface area contributed by atoms with Crippen molar-refractivity contribution >= 4 is 23.2 Å². The Labute approximate surface area is 157 Å². The maximum Gasteiger partial charge on any atom is 0.308 e. The zero-order valence-corrected chi connectivity index (χ0v) is 16.1. The molecule has 1 unspecified atom stereocenters. The first kappa shape index (κ1) is 18.6. The number of aliphatic carboxylic acids is 1. The van der Waals surface area contributed by atoms with Gasteiger partial charge in [-0.25, -0.2) is 4.98 Å². The number of hydrogen-bond donors (Lipinski definition) is 1. The number of nitrogens with zero attached hydrogens (tertiary/aromatic N) is 2. The summed E-state index contributed by atoms with van der Waals surface area (Å²) in [5.41, 5.74) is 2.67. The summed E-state index contributed by atoms with van der Waals surface area (Å²) in [7, 11) is 0. The van der Waals surface area contributed by atoms with E-state index in [0.717, 1.165) is 23.4 Å². The van der Waals surface area contributed by atoms with Crippen LogP contribution in [0.5, 0.6) is 0 Å². The van der Waals surface area contributed by atoms with Gasteiger partial charge in [0.2, 0.25) is 0 Å². The van der Waals surface area contributed by atoms with Gasteiger partial charge in [0.25, 0.3) is 5.91 Å². The number of amides is 1. The molecule has 1 fully saturated rings. The van der Waals surface area contributed by atoms with Crippen LogP contribution in [0.3, 0.4) is 0 Å². The summed E-state index contributed by atoms with van der Waals surface area (Å²) in [5.74, 6) is -1.16. The number of carboxylic acid groups (broad SMARTS) is 1. The molecule has 0 spiro atoms. The molecule has 1 aliphatic rings. The first-order valence-electron chi connectivity index (χ1n) is 8.96. The van der Waals surface area contributed by atoms with Crippen molar-refractivity contribution in [1.29, 1.82) is 0 Å². The number of thiazole rings is 1. The van der Waals surface area contributed by atoms with Gasteiger partial charge in [0.05, 0.1) is 5.92 Å². The lowest BCUT2D eigenvalue weighted by molar-refractivity contribution is -0.141. The minimum absolute atomic E-state index is 0.153. The molecule has 1 heterocycles. The topological polar surface area (TPSA) is 70.5 Å². The average molecular weight is 372 g/mol. The lowest BCUT2D eigenvalue weighted by Gasteiger charge is -2.23. The Balaban J connectivity index is 1.77. The summed E-state index contributed by atoms with van der Waals surface area (Å²) in [6.07, 6.45) is 1.87. The molecule has 1 aromatic heterocycles. The lowest BCUT2D eigenvalue weighted by Crippen LogP contribution is -2.38. The van der Waals surface area contributed by atoms with Crippen molar-refractivity contribution in [1.82, 2.24) is 9.88 Å². The van der Waals surface area contributed by atoms with E-state index in [2.05, 4.69) is 31.0 Å². The van der Waals surface area contributed by atoms with Crippen LogP contribution < -0.4 is 0 Å². The maximum absolute atomic E-state index is 12.8. The minimum atomic E-state index is -0.882. The minimum Gasteiger partial charge on any atom is -0.481 e. The molecular weight excluding hydrogens is 348 g/mol. The molecule has 138 valence electrons. The maximum atomic E-state index is 12.8. The number of hydrogen-bond acceptors (Lipinski definition) is 4. The van der Waals surface area contributed by atoms with E-state index in [1.807, 2.05) is 12.1 Å². The highest BCUT2D eigenvalue weighted by atomic mass is 32.1. The SMILES string of the molecule is CC(CN(C(=O)c1csc(-c2ccc(C(C)C)cc2)n1)C1CC1)C(=O)O. The molecule has 0 bridgehead atoms. The van der Waals surface area contributed by atoms with Crippen LogP contribution in [-0.2, 0) is 4.79 Å². The van der Waals surface area contributed by atoms with Crippen LogP contribution in [0.25, 0.3) is 10.6 Å². The molecule has 1 atom stereocenters. The van der Waals surface area contributed by atoms with Gasteiger partial charge >= 0.3 is 5.97 Å². The van der Waals surface area contributed by atoms with Gasteiger partial charge in [-0.05, 0) is 24.3 Å². The van der Waals surface area contributed by atoms with Crippen LogP contribution in [0.15, 0.2) is 29.6 Å². The molecule has 1 saturated carbocycles. The standard InChI is InChI=1S/C20H24N2O3S/c1-12(2)14-4-6-15(7-5-14)18-21-17(11-26-18)19(23)22(16-8-9-16)10-13(3)20(24)25/h4-7,11-13,16H,8-10H2,1-3H3,(H,24,25). The summed E-state index contributed by atoms with van der Waals surface area (Å²) in [6, 6.07) is 8.41. The van der Waals surface area contributed by atoms with E-state index in [4.69, 9.17) is 5.11 Å². The number of carbonyl (C=O) groups is 2. The van der Waals surface area contributed by atoms with Gasteiger partial charge in [0, 0.05) is 23.5 Å². The Bertz CT molecular complexity index is 794. The Morgan fingerprint density at radius 1 is 1.23 bits per heavy atom. The van der Waals surface area contributed by atoms with Crippen LogP contribution in [0.4, 0.5) is 0 Å². The molecule has 1 amide bonds. The molecule has 0 saturated heterocycles. The molecule has 1 N–H and O–H groups in total. The normalized spacial score (nSPS) is 15.1. The summed E-state index contributed by atoms with van der Waals surface area (Å²) in [4.78, 5) is 30.2. The van der Waals surface area contributed by atoms with Gasteiger partial charge < -0.3 is 10.0 Å². The molecule has 6 heteroatoms. The van der Waals surface area contributed by atoms with E-state index in [-0.39, 0.29) is 18.5 Å². The molecule has 1 aliphatic carbocycles. The second-order valence-corrected chi connectivity index (χ2v) is 8.10. The van der Waals surface area contributed by atoms with Crippen molar-refractivity contribution in [3.63, 3.8) is 0 Å². The van der Waals surface area contributed by atoms with Gasteiger partial charge in [-0.15, -0.1) is 11.3 Å². The number of carboxylic acids is 1. The molecular formula is C20H24N2O3S. The van der Waals surface area contributed by atoms with Crippen molar-refractivity contribution in [2.45, 2.75) is 45.6 Å². The zero-order valence-electron chi connectivity index (χ0n) is 15.3. The Morgan fingerprint density at radius 2 is 1.88 bits per heavy atom. The molecule has 0 radical (unpaired) electrons. The highest BCUT2D eigenvalue weighted by molar-refractivity contribution is 7.13. The number of rotatable bonds is 7. The quantitative estimate of drug-likeness (QED) is 0.788. The van der Waals surface area contributed by atoms with Crippen LogP contribution >= 0.6 is 11.3 Å². The van der Waals surface area contributed by atoms with Gasteiger partial charge in [0.15, 0.2) is 0 Å². The van der Waals surface area contributed by atoms with Crippen LogP contribution in [0.2, 0.25) is 0 Å². The van der Waals surface area contributed by atoms with Gasteiger partial charge in [0.1, 0.15) is 10.7 Å². The lowest BCUT2D eigenvalue weighted by atomic mass is 10.0. The molecule has 1 aromatic carbocycles. The summed E-state index contributed by atoms with van der Waals surface area (Å²) < 4.78 is 0. The highest BCUT2D eigenvalue weighted by Crippen LogP contribution is 2.31. The summed E-state index contributed by atoms with van der Waals surface area (Å²) in [6.45, 7) is 6.17. The molecule has 2 aromatic rings. The van der Waals surface area contributed by atoms with Crippen molar-refractivity contribution in [2.24, 2.45) is 5.92 Å². The summed E-state index contributed by atoms with van der Waals surface area (Å²) in [5, 5.41) is 11.7. The smallest absolute Gasteiger partial charge is 0.308 e. The van der Waals surface area contributed by atoms with E-state index >= 15 is 0 Å². The van der Waals surface area contributed by atoms with Crippen molar-refractivity contribution in [3.05, 3.63) is 40.9 Å². The van der Waals surface area contributed by atoms with Crippen LogP contribution in [0, 0.1) is 5.92 Å². The third kappa shape index (κ3) is 4.12. The Hall–Kier alpha value is -2.21. The molecule has 5 nitrogen and oxygen atoms in total. The second-order valence-electron chi connectivity index (χ2n) is 7.24. The predicted octanol–water partition coefficient (Wildman–Crippen LogP) is 4.26. The van der Waals surface area contributed by atoms with E-state index in [1.165, 1.54) is 16.9 Å². The third-order valence-electron chi connectivity index (χ3n) is 4.69. The first-order valence-corrected chi connectivity index (χ1v) is 9.84. The Kier molecular flexibility index (Phi) is 5.41. The van der Waals surface area contributed by atoms with E-state index in [0.29, 0.717) is 11.6 Å². The first-order chi connectivity index (χ1) is 12.4. The zero-order chi connectivity index (χ0) is 18.8. The van der Waals surface area contributed by atoms with E-state index in [1.54, 1.807) is 17.2 Å². The number of aromatic nitrogens is 1. The highest BCUT2D eigenvalue weighted by Gasteiger charge is 2.35. The largest absolute Gasteiger partial charge is 0.481 e. The van der Waals surface area contributed by atoms with Crippen molar-refractivity contribution in [2.75, 3.05) is 6.54 Å². The van der Waals surface area contributed by atoms with Crippen LogP contribution in [-0.4, -0.2) is 39.5 Å². The molecule has 0 aliphatic heterocycles. The second kappa shape index (κ2) is 7.58. The van der Waals surface area contributed by atoms with Crippen molar-refractivity contribution in [3.8, 4) is 10.6 Å². The van der Waals surface area contributed by atoms with Crippen molar-refractivity contribution < 1.29 is 14.7 Å².